The van der Waals surface area contributed by atoms with E-state index in [0.717, 1.165) is 55.9 Å². The number of hydrogen-bond donors (Lipinski definition) is 0. The molecule has 0 radical (unpaired) electrons. The number of hydrogen-bond acceptors (Lipinski definition) is 4. The van der Waals surface area contributed by atoms with Crippen molar-refractivity contribution >= 4 is 23.1 Å². The van der Waals surface area contributed by atoms with Crippen LogP contribution >= 0.6 is 0 Å². The fraction of sp³-hybridized carbons (Fsp3) is 0. The lowest BCUT2D eigenvalue weighted by molar-refractivity contribution is 0.435. The van der Waals surface area contributed by atoms with Crippen LogP contribution in [-0.4, -0.2) is 10.3 Å². The Balaban J connectivity index is 1.17. The summed E-state index contributed by atoms with van der Waals surface area (Å²) in [6, 6.07) is 36.5. The molecule has 6 rings (SSSR count). The Morgan fingerprint density at radius 1 is 0.529 bits per heavy atom. The van der Waals surface area contributed by atoms with Gasteiger partial charge in [0.15, 0.2) is 11.3 Å². The van der Waals surface area contributed by atoms with Crippen LogP contribution in [0.5, 0.6) is 0 Å². The van der Waals surface area contributed by atoms with Gasteiger partial charge < -0.3 is 9.05 Å². The highest BCUT2D eigenvalue weighted by atomic mass is 16.5. The maximum Gasteiger partial charge on any atom is 0.167 e. The molecule has 0 bridgehead atoms. The fourth-order valence-corrected chi connectivity index (χ4v) is 3.95. The van der Waals surface area contributed by atoms with Crippen LogP contribution in [-0.2, 0) is 0 Å². The number of nitrogens with zero attached hydrogens (tertiary/aromatic N) is 2. The molecule has 0 spiro atoms. The molecule has 0 aliphatic heterocycles. The topological polar surface area (TPSA) is 52.1 Å². The van der Waals surface area contributed by atoms with Gasteiger partial charge in [0.25, 0.3) is 0 Å². The minimum atomic E-state index is 0.755. The van der Waals surface area contributed by atoms with Crippen molar-refractivity contribution in [1.29, 1.82) is 0 Å². The lowest BCUT2D eigenvalue weighted by atomic mass is 10.0. The van der Waals surface area contributed by atoms with E-state index < -0.39 is 0 Å². The molecule has 0 amide bonds. The predicted octanol–water partition coefficient (Wildman–Crippen LogP) is 7.99. The zero-order valence-corrected chi connectivity index (χ0v) is 18.3. The third kappa shape index (κ3) is 3.93. The van der Waals surface area contributed by atoms with Crippen molar-refractivity contribution in [2.45, 2.75) is 0 Å². The molecule has 6 aromatic rings. The van der Waals surface area contributed by atoms with Crippen molar-refractivity contribution in [3.05, 3.63) is 120 Å². The van der Waals surface area contributed by atoms with Gasteiger partial charge in [0.1, 0.15) is 11.4 Å². The molecule has 2 heterocycles. The average Bonchev–Trinajstić information content (AvgIpc) is 3.57. The van der Waals surface area contributed by atoms with Gasteiger partial charge in [0.2, 0.25) is 0 Å². The van der Waals surface area contributed by atoms with Gasteiger partial charge in [-0.3, -0.25) is 0 Å². The summed E-state index contributed by atoms with van der Waals surface area (Å²) in [5.41, 5.74) is 7.79. The van der Waals surface area contributed by atoms with Gasteiger partial charge in [-0.2, -0.15) is 0 Å². The van der Waals surface area contributed by atoms with Crippen molar-refractivity contribution < 1.29 is 9.05 Å². The van der Waals surface area contributed by atoms with Gasteiger partial charge in [0, 0.05) is 28.1 Å². The molecule has 0 saturated heterocycles. The zero-order valence-electron chi connectivity index (χ0n) is 18.3. The van der Waals surface area contributed by atoms with E-state index in [4.69, 9.17) is 9.05 Å². The standard InChI is InChI=1S/C30H20N2O2/c1-2-6-23(7-3-1)27-20-29(34-31-27)24-16-12-21(13-17-24)10-11-22-14-18-25(19-15-22)30-26-8-4-5-9-28(26)33-32-30/h1-20H/b11-10+. The number of para-hydroxylation sites is 1. The molecule has 2 aromatic heterocycles. The summed E-state index contributed by atoms with van der Waals surface area (Å²) < 4.78 is 11.0. The first kappa shape index (κ1) is 19.9. The Kier molecular flexibility index (Phi) is 5.09. The van der Waals surface area contributed by atoms with E-state index in [1.807, 2.05) is 72.8 Å². The molecule has 0 atom stereocenters. The van der Waals surface area contributed by atoms with E-state index in [-0.39, 0.29) is 0 Å². The van der Waals surface area contributed by atoms with Gasteiger partial charge in [0.05, 0.1) is 0 Å². The summed E-state index contributed by atoms with van der Waals surface area (Å²) in [5.74, 6) is 0.755. The maximum atomic E-state index is 5.56. The first-order valence-corrected chi connectivity index (χ1v) is 11.1. The van der Waals surface area contributed by atoms with E-state index >= 15 is 0 Å². The molecule has 0 fully saturated rings. The lowest BCUT2D eigenvalue weighted by Crippen LogP contribution is -1.80. The van der Waals surface area contributed by atoms with E-state index in [0.29, 0.717) is 0 Å². The molecule has 4 aromatic carbocycles. The summed E-state index contributed by atoms with van der Waals surface area (Å²) in [7, 11) is 0. The number of benzene rings is 4. The van der Waals surface area contributed by atoms with Crippen LogP contribution in [0.15, 0.2) is 118 Å². The van der Waals surface area contributed by atoms with Crippen molar-refractivity contribution in [3.8, 4) is 33.8 Å². The van der Waals surface area contributed by atoms with E-state index in [9.17, 15) is 0 Å². The quantitative estimate of drug-likeness (QED) is 0.255. The van der Waals surface area contributed by atoms with Gasteiger partial charge in [-0.1, -0.05) is 113 Å². The fourth-order valence-electron chi connectivity index (χ4n) is 3.95. The summed E-state index contributed by atoms with van der Waals surface area (Å²) in [4.78, 5) is 0. The number of fused-ring (bicyclic) bond motifs is 1. The number of rotatable bonds is 5. The van der Waals surface area contributed by atoms with Crippen LogP contribution in [0, 0.1) is 0 Å². The second-order valence-corrected chi connectivity index (χ2v) is 8.05. The average molecular weight is 441 g/mol. The molecule has 4 nitrogen and oxygen atoms in total. The predicted molar refractivity (Wildman–Crippen MR) is 136 cm³/mol. The zero-order chi connectivity index (χ0) is 22.7. The minimum absolute atomic E-state index is 0.755. The summed E-state index contributed by atoms with van der Waals surface area (Å²) in [6.07, 6.45) is 4.20. The van der Waals surface area contributed by atoms with Gasteiger partial charge in [-0.15, -0.1) is 0 Å². The Morgan fingerprint density at radius 3 is 1.91 bits per heavy atom. The van der Waals surface area contributed by atoms with Gasteiger partial charge >= 0.3 is 0 Å². The first-order chi connectivity index (χ1) is 16.8. The molecular weight excluding hydrogens is 420 g/mol. The molecule has 4 heteroatoms. The molecule has 0 saturated carbocycles. The number of aromatic nitrogens is 2. The first-order valence-electron chi connectivity index (χ1n) is 11.1. The largest absolute Gasteiger partial charge is 0.356 e. The Labute approximate surface area is 196 Å². The summed E-state index contributed by atoms with van der Waals surface area (Å²) in [6.45, 7) is 0. The van der Waals surface area contributed by atoms with Crippen molar-refractivity contribution in [2.24, 2.45) is 0 Å². The summed E-state index contributed by atoms with van der Waals surface area (Å²) >= 11 is 0. The Bertz CT molecular complexity index is 1580. The van der Waals surface area contributed by atoms with Crippen LogP contribution in [0.1, 0.15) is 11.1 Å². The molecule has 34 heavy (non-hydrogen) atoms. The molecule has 0 unspecified atom stereocenters. The normalized spacial score (nSPS) is 11.4. The van der Waals surface area contributed by atoms with Crippen LogP contribution in [0.2, 0.25) is 0 Å². The van der Waals surface area contributed by atoms with Crippen LogP contribution < -0.4 is 0 Å². The Morgan fingerprint density at radius 2 is 1.18 bits per heavy atom. The SMILES string of the molecule is C(=C\c1ccc(-c2noc3ccccc23)cc1)/c1ccc(-c2cc(-c3ccccc3)no2)cc1. The van der Waals surface area contributed by atoms with Gasteiger partial charge in [-0.05, 0) is 23.3 Å². The third-order valence-corrected chi connectivity index (χ3v) is 5.80. The third-order valence-electron chi connectivity index (χ3n) is 5.80. The molecule has 0 aliphatic rings. The lowest BCUT2D eigenvalue weighted by Gasteiger charge is -2.00. The molecule has 0 aliphatic carbocycles. The maximum absolute atomic E-state index is 5.56. The van der Waals surface area contributed by atoms with Crippen molar-refractivity contribution in [3.63, 3.8) is 0 Å². The smallest absolute Gasteiger partial charge is 0.167 e. The van der Waals surface area contributed by atoms with Crippen LogP contribution in [0.4, 0.5) is 0 Å². The van der Waals surface area contributed by atoms with Crippen LogP contribution in [0.3, 0.4) is 0 Å². The minimum Gasteiger partial charge on any atom is -0.356 e. The second-order valence-electron chi connectivity index (χ2n) is 8.05. The van der Waals surface area contributed by atoms with Gasteiger partial charge in [-0.25, -0.2) is 0 Å². The highest BCUT2D eigenvalue weighted by molar-refractivity contribution is 5.91. The molecule has 0 N–H and O–H groups in total. The summed E-state index contributed by atoms with van der Waals surface area (Å²) in [5, 5.41) is 9.46. The highest BCUT2D eigenvalue weighted by Crippen LogP contribution is 2.29. The molecule has 162 valence electrons. The van der Waals surface area contributed by atoms with Crippen LogP contribution in [0.25, 0.3) is 57.0 Å². The van der Waals surface area contributed by atoms with E-state index in [1.54, 1.807) is 0 Å². The van der Waals surface area contributed by atoms with Crippen molar-refractivity contribution in [2.75, 3.05) is 0 Å². The monoisotopic (exact) mass is 440 g/mol. The second kappa shape index (κ2) is 8.68. The van der Waals surface area contributed by atoms with E-state index in [1.165, 1.54) is 0 Å². The Hall–Kier alpha value is -4.70. The molecular formula is C30H20N2O2. The highest BCUT2D eigenvalue weighted by Gasteiger charge is 2.10. The van der Waals surface area contributed by atoms with E-state index in [2.05, 4.69) is 58.9 Å². The van der Waals surface area contributed by atoms with Crippen molar-refractivity contribution in [1.82, 2.24) is 10.3 Å².